The molecule has 0 aromatic heterocycles. The molecule has 2 atom stereocenters. The largest absolute Gasteiger partial charge is 0.313 e. The Labute approximate surface area is 95.4 Å². The third-order valence-corrected chi connectivity index (χ3v) is 3.54. The van der Waals surface area contributed by atoms with Gasteiger partial charge in [-0.1, -0.05) is 27.7 Å². The van der Waals surface area contributed by atoms with E-state index in [-0.39, 0.29) is 0 Å². The first kappa shape index (κ1) is 13.0. The van der Waals surface area contributed by atoms with E-state index in [2.05, 4.69) is 44.8 Å². The van der Waals surface area contributed by atoms with E-state index in [9.17, 15) is 0 Å². The second-order valence-corrected chi connectivity index (χ2v) is 5.60. The number of likely N-dealkylation sites (tertiary alicyclic amines) is 1. The maximum atomic E-state index is 3.58. The summed E-state index contributed by atoms with van der Waals surface area (Å²) in [4.78, 5) is 2.69. The lowest BCUT2D eigenvalue weighted by atomic mass is 10.0. The zero-order valence-corrected chi connectivity index (χ0v) is 11.1. The van der Waals surface area contributed by atoms with E-state index < -0.39 is 0 Å². The average molecular weight is 212 g/mol. The topological polar surface area (TPSA) is 15.3 Å². The van der Waals surface area contributed by atoms with Crippen molar-refractivity contribution in [3.8, 4) is 0 Å². The quantitative estimate of drug-likeness (QED) is 0.753. The van der Waals surface area contributed by atoms with Gasteiger partial charge in [-0.25, -0.2) is 0 Å². The minimum atomic E-state index is 0.601. The number of nitrogens with one attached hydrogen (secondary N) is 1. The maximum absolute atomic E-state index is 3.58. The van der Waals surface area contributed by atoms with Crippen LogP contribution in [0.4, 0.5) is 0 Å². The first-order chi connectivity index (χ1) is 7.02. The summed E-state index contributed by atoms with van der Waals surface area (Å²) in [6, 6.07) is 2.10. The summed E-state index contributed by atoms with van der Waals surface area (Å²) in [5.74, 6) is 0.747. The summed E-state index contributed by atoms with van der Waals surface area (Å²) in [6.07, 6.45) is 2.76. The van der Waals surface area contributed by atoms with Gasteiger partial charge in [-0.05, 0) is 32.2 Å². The minimum Gasteiger partial charge on any atom is -0.313 e. The monoisotopic (exact) mass is 212 g/mol. The van der Waals surface area contributed by atoms with Crippen LogP contribution in [0.15, 0.2) is 0 Å². The molecule has 1 saturated heterocycles. The van der Waals surface area contributed by atoms with E-state index in [0.717, 1.165) is 18.5 Å². The molecule has 0 aromatic carbocycles. The molecule has 1 aliphatic rings. The molecule has 0 amide bonds. The third-order valence-electron chi connectivity index (χ3n) is 3.54. The van der Waals surface area contributed by atoms with Gasteiger partial charge in [0, 0.05) is 24.7 Å². The second-order valence-electron chi connectivity index (χ2n) is 5.60. The Balaban J connectivity index is 2.49. The molecule has 1 heterocycles. The Morgan fingerprint density at radius 2 is 1.93 bits per heavy atom. The molecular formula is C13H28N2. The van der Waals surface area contributed by atoms with E-state index in [1.54, 1.807) is 0 Å². The van der Waals surface area contributed by atoms with Crippen molar-refractivity contribution in [2.24, 2.45) is 5.92 Å². The van der Waals surface area contributed by atoms with Crippen molar-refractivity contribution in [3.05, 3.63) is 0 Å². The van der Waals surface area contributed by atoms with Crippen molar-refractivity contribution >= 4 is 0 Å². The van der Waals surface area contributed by atoms with Gasteiger partial charge in [0.1, 0.15) is 0 Å². The zero-order chi connectivity index (χ0) is 11.4. The van der Waals surface area contributed by atoms with Crippen molar-refractivity contribution in [2.75, 3.05) is 13.1 Å². The molecule has 2 unspecified atom stereocenters. The van der Waals surface area contributed by atoms with Crippen molar-refractivity contribution in [3.63, 3.8) is 0 Å². The highest BCUT2D eigenvalue weighted by molar-refractivity contribution is 4.85. The fraction of sp³-hybridized carbons (Fsp3) is 1.00. The SMILES string of the molecule is CC(C)NCC(C(C)C)N1CCCC1C. The van der Waals surface area contributed by atoms with Gasteiger partial charge in [-0.2, -0.15) is 0 Å². The minimum absolute atomic E-state index is 0.601. The van der Waals surface area contributed by atoms with Gasteiger partial charge < -0.3 is 5.32 Å². The summed E-state index contributed by atoms with van der Waals surface area (Å²) in [7, 11) is 0. The lowest BCUT2D eigenvalue weighted by Crippen LogP contribution is -2.48. The predicted molar refractivity (Wildman–Crippen MR) is 67.2 cm³/mol. The van der Waals surface area contributed by atoms with Gasteiger partial charge in [0.25, 0.3) is 0 Å². The summed E-state index contributed by atoms with van der Waals surface area (Å²) >= 11 is 0. The first-order valence-electron chi connectivity index (χ1n) is 6.51. The van der Waals surface area contributed by atoms with Crippen LogP contribution in [-0.4, -0.2) is 36.1 Å². The van der Waals surface area contributed by atoms with E-state index >= 15 is 0 Å². The predicted octanol–water partition coefficient (Wildman–Crippen LogP) is 2.49. The van der Waals surface area contributed by atoms with E-state index in [0.29, 0.717) is 12.1 Å². The van der Waals surface area contributed by atoms with E-state index in [4.69, 9.17) is 0 Å². The molecule has 1 rings (SSSR count). The van der Waals surface area contributed by atoms with Crippen LogP contribution in [0.2, 0.25) is 0 Å². The molecule has 0 saturated carbocycles. The first-order valence-corrected chi connectivity index (χ1v) is 6.51. The molecule has 1 aliphatic heterocycles. The van der Waals surface area contributed by atoms with Crippen LogP contribution in [0.1, 0.15) is 47.5 Å². The summed E-state index contributed by atoms with van der Waals surface area (Å²) in [5.41, 5.74) is 0. The highest BCUT2D eigenvalue weighted by atomic mass is 15.2. The molecule has 0 radical (unpaired) electrons. The van der Waals surface area contributed by atoms with Crippen molar-refractivity contribution in [2.45, 2.75) is 65.6 Å². The molecular weight excluding hydrogens is 184 g/mol. The molecule has 2 heteroatoms. The molecule has 1 fully saturated rings. The van der Waals surface area contributed by atoms with Gasteiger partial charge in [-0.3, -0.25) is 4.90 Å². The van der Waals surface area contributed by atoms with Crippen LogP contribution in [0.5, 0.6) is 0 Å². The van der Waals surface area contributed by atoms with Crippen LogP contribution in [0, 0.1) is 5.92 Å². The fourth-order valence-corrected chi connectivity index (χ4v) is 2.54. The Morgan fingerprint density at radius 3 is 2.33 bits per heavy atom. The summed E-state index contributed by atoms with van der Waals surface area (Å²) in [6.45, 7) is 14.0. The number of nitrogens with zero attached hydrogens (tertiary/aromatic N) is 1. The highest BCUT2D eigenvalue weighted by Gasteiger charge is 2.29. The van der Waals surface area contributed by atoms with Gasteiger partial charge in [0.15, 0.2) is 0 Å². The van der Waals surface area contributed by atoms with E-state index in [1.165, 1.54) is 19.4 Å². The maximum Gasteiger partial charge on any atom is 0.0246 e. The van der Waals surface area contributed by atoms with Crippen LogP contribution in [-0.2, 0) is 0 Å². The molecule has 0 aromatic rings. The van der Waals surface area contributed by atoms with Crippen molar-refractivity contribution in [1.82, 2.24) is 10.2 Å². The molecule has 2 nitrogen and oxygen atoms in total. The van der Waals surface area contributed by atoms with Crippen molar-refractivity contribution < 1.29 is 0 Å². The summed E-state index contributed by atoms with van der Waals surface area (Å²) < 4.78 is 0. The molecule has 0 spiro atoms. The van der Waals surface area contributed by atoms with Crippen LogP contribution >= 0.6 is 0 Å². The standard InChI is InChI=1S/C13H28N2/c1-10(2)13(9-14-11(3)4)15-8-6-7-12(15)5/h10-14H,6-9H2,1-5H3. The summed E-state index contributed by atoms with van der Waals surface area (Å²) in [5, 5.41) is 3.58. The normalized spacial score (nSPS) is 25.4. The number of hydrogen-bond acceptors (Lipinski definition) is 2. The van der Waals surface area contributed by atoms with Gasteiger partial charge in [-0.15, -0.1) is 0 Å². The smallest absolute Gasteiger partial charge is 0.0246 e. The zero-order valence-electron chi connectivity index (χ0n) is 11.1. The van der Waals surface area contributed by atoms with E-state index in [1.807, 2.05) is 0 Å². The van der Waals surface area contributed by atoms with Gasteiger partial charge in [0.2, 0.25) is 0 Å². The van der Waals surface area contributed by atoms with Crippen LogP contribution in [0.3, 0.4) is 0 Å². The number of hydrogen-bond donors (Lipinski definition) is 1. The highest BCUT2D eigenvalue weighted by Crippen LogP contribution is 2.23. The number of rotatable bonds is 5. The fourth-order valence-electron chi connectivity index (χ4n) is 2.54. The molecule has 1 N–H and O–H groups in total. The Bertz CT molecular complexity index is 177. The molecule has 90 valence electrons. The molecule has 0 aliphatic carbocycles. The van der Waals surface area contributed by atoms with Gasteiger partial charge >= 0.3 is 0 Å². The van der Waals surface area contributed by atoms with Crippen molar-refractivity contribution in [1.29, 1.82) is 0 Å². The molecule has 0 bridgehead atoms. The third kappa shape index (κ3) is 3.76. The second kappa shape index (κ2) is 5.86. The Hall–Kier alpha value is -0.0800. The lowest BCUT2D eigenvalue weighted by molar-refractivity contribution is 0.143. The van der Waals surface area contributed by atoms with Crippen LogP contribution in [0.25, 0.3) is 0 Å². The Morgan fingerprint density at radius 1 is 1.27 bits per heavy atom. The molecule has 15 heavy (non-hydrogen) atoms. The lowest BCUT2D eigenvalue weighted by Gasteiger charge is -2.35. The van der Waals surface area contributed by atoms with Crippen LogP contribution < -0.4 is 5.32 Å². The average Bonchev–Trinajstić information content (AvgIpc) is 2.51. The Kier molecular flexibility index (Phi) is 5.07. The van der Waals surface area contributed by atoms with Gasteiger partial charge in [0.05, 0.1) is 0 Å².